The van der Waals surface area contributed by atoms with Gasteiger partial charge < -0.3 is 14.8 Å². The van der Waals surface area contributed by atoms with Crippen molar-refractivity contribution in [1.82, 2.24) is 24.8 Å². The van der Waals surface area contributed by atoms with Crippen LogP contribution in [0.5, 0.6) is 0 Å². The zero-order chi connectivity index (χ0) is 13.8. The zero-order valence-electron chi connectivity index (χ0n) is 11.5. The van der Waals surface area contributed by atoms with Gasteiger partial charge in [-0.2, -0.15) is 9.97 Å². The van der Waals surface area contributed by atoms with E-state index in [-0.39, 0.29) is 5.28 Å². The maximum atomic E-state index is 5.97. The number of imidazole rings is 1. The van der Waals surface area contributed by atoms with Crippen LogP contribution in [-0.2, 0) is 0 Å². The summed E-state index contributed by atoms with van der Waals surface area (Å²) in [7, 11) is 4.12. The molecule has 6 nitrogen and oxygen atoms in total. The summed E-state index contributed by atoms with van der Waals surface area (Å²) in [4.78, 5) is 20.1. The fourth-order valence-electron chi connectivity index (χ4n) is 1.94. The smallest absolute Gasteiger partial charge is 0.226 e. The van der Waals surface area contributed by atoms with Crippen LogP contribution in [0.3, 0.4) is 0 Å². The maximum Gasteiger partial charge on any atom is 0.226 e. The Morgan fingerprint density at radius 3 is 2.68 bits per heavy atom. The summed E-state index contributed by atoms with van der Waals surface area (Å²) in [6, 6.07) is 0. The predicted octanol–water partition coefficient (Wildman–Crippen LogP) is 1.78. The zero-order valence-corrected chi connectivity index (χ0v) is 12.3. The summed E-state index contributed by atoms with van der Waals surface area (Å²) in [5.41, 5.74) is 1.46. The van der Waals surface area contributed by atoms with E-state index in [1.165, 1.54) is 0 Å². The Balaban J connectivity index is 2.34. The second-order valence-electron chi connectivity index (χ2n) is 4.71. The number of fused-ring (bicyclic) bond motifs is 1. The van der Waals surface area contributed by atoms with Gasteiger partial charge in [-0.3, -0.25) is 0 Å². The van der Waals surface area contributed by atoms with Gasteiger partial charge in [0.2, 0.25) is 5.28 Å². The van der Waals surface area contributed by atoms with Gasteiger partial charge in [-0.15, -0.1) is 0 Å². The summed E-state index contributed by atoms with van der Waals surface area (Å²) in [5.74, 6) is 0.830. The highest BCUT2D eigenvalue weighted by molar-refractivity contribution is 6.28. The van der Waals surface area contributed by atoms with Crippen molar-refractivity contribution in [1.29, 1.82) is 0 Å². The van der Waals surface area contributed by atoms with Crippen molar-refractivity contribution in [3.8, 4) is 0 Å². The first kappa shape index (κ1) is 14.0. The van der Waals surface area contributed by atoms with E-state index in [1.807, 2.05) is 0 Å². The molecule has 0 aliphatic rings. The van der Waals surface area contributed by atoms with Crippen LogP contribution in [-0.4, -0.2) is 58.6 Å². The standard InChI is InChI=1S/C12H19ClN6/c1-4-5-19(7-6-18(2)3)11-9-10(15-8-14-9)16-12(13)17-11/h8H,4-7H2,1-3H3,(H,14,15,16,17). The number of likely N-dealkylation sites (N-methyl/N-ethyl adjacent to an activating group) is 1. The molecule has 0 saturated carbocycles. The van der Waals surface area contributed by atoms with Crippen LogP contribution in [0.1, 0.15) is 13.3 Å². The third-order valence-electron chi connectivity index (χ3n) is 2.85. The van der Waals surface area contributed by atoms with Gasteiger partial charge in [0, 0.05) is 19.6 Å². The van der Waals surface area contributed by atoms with E-state index >= 15 is 0 Å². The number of rotatable bonds is 6. The lowest BCUT2D eigenvalue weighted by atomic mass is 10.3. The summed E-state index contributed by atoms with van der Waals surface area (Å²) in [6.45, 7) is 4.92. The average molecular weight is 283 g/mol. The molecule has 104 valence electrons. The Hall–Kier alpha value is -1.40. The van der Waals surface area contributed by atoms with Crippen LogP contribution in [0, 0.1) is 0 Å². The second kappa shape index (κ2) is 6.16. The van der Waals surface area contributed by atoms with Crippen molar-refractivity contribution in [2.24, 2.45) is 0 Å². The Morgan fingerprint density at radius 1 is 1.21 bits per heavy atom. The first-order chi connectivity index (χ1) is 9.11. The van der Waals surface area contributed by atoms with Gasteiger partial charge in [0.15, 0.2) is 11.5 Å². The van der Waals surface area contributed by atoms with Crippen molar-refractivity contribution in [2.45, 2.75) is 13.3 Å². The van der Waals surface area contributed by atoms with Crippen molar-refractivity contribution >= 4 is 28.6 Å². The van der Waals surface area contributed by atoms with E-state index < -0.39 is 0 Å². The summed E-state index contributed by atoms with van der Waals surface area (Å²) >= 11 is 5.97. The van der Waals surface area contributed by atoms with E-state index in [1.54, 1.807) is 6.33 Å². The van der Waals surface area contributed by atoms with Gasteiger partial charge in [0.05, 0.1) is 6.33 Å². The molecular weight excluding hydrogens is 264 g/mol. The normalized spacial score (nSPS) is 11.4. The van der Waals surface area contributed by atoms with E-state index in [0.717, 1.165) is 37.4 Å². The van der Waals surface area contributed by atoms with Crippen molar-refractivity contribution in [2.75, 3.05) is 38.6 Å². The van der Waals surface area contributed by atoms with Crippen LogP contribution in [0.25, 0.3) is 11.2 Å². The van der Waals surface area contributed by atoms with Crippen molar-refractivity contribution in [3.63, 3.8) is 0 Å². The summed E-state index contributed by atoms with van der Waals surface area (Å²) in [5, 5.41) is 0.237. The molecule has 7 heteroatoms. The van der Waals surface area contributed by atoms with E-state index in [4.69, 9.17) is 11.6 Å². The number of halogens is 1. The van der Waals surface area contributed by atoms with Crippen LogP contribution in [0.2, 0.25) is 5.28 Å². The number of nitrogens with zero attached hydrogens (tertiary/aromatic N) is 5. The quantitative estimate of drug-likeness (QED) is 0.819. The fraction of sp³-hybridized carbons (Fsp3) is 0.583. The minimum absolute atomic E-state index is 0.237. The van der Waals surface area contributed by atoms with Gasteiger partial charge in [-0.1, -0.05) is 6.92 Å². The number of nitrogens with one attached hydrogen (secondary N) is 1. The molecular formula is C12H19ClN6. The summed E-state index contributed by atoms with van der Waals surface area (Å²) < 4.78 is 0. The Bertz CT molecular complexity index is 538. The predicted molar refractivity (Wildman–Crippen MR) is 77.8 cm³/mol. The minimum Gasteiger partial charge on any atom is -0.353 e. The summed E-state index contributed by atoms with van der Waals surface area (Å²) in [6.07, 6.45) is 2.67. The molecule has 0 fully saturated rings. The highest BCUT2D eigenvalue weighted by Gasteiger charge is 2.15. The van der Waals surface area contributed by atoms with Crippen molar-refractivity contribution < 1.29 is 0 Å². The van der Waals surface area contributed by atoms with Crippen LogP contribution < -0.4 is 4.90 Å². The topological polar surface area (TPSA) is 60.9 Å². The monoisotopic (exact) mass is 282 g/mol. The molecule has 0 saturated heterocycles. The molecule has 0 aliphatic carbocycles. The lowest BCUT2D eigenvalue weighted by Crippen LogP contribution is -2.33. The number of aromatic nitrogens is 4. The molecule has 0 radical (unpaired) electrons. The van der Waals surface area contributed by atoms with E-state index in [2.05, 4.69) is 50.8 Å². The Kier molecular flexibility index (Phi) is 4.55. The Morgan fingerprint density at radius 2 is 2.00 bits per heavy atom. The first-order valence-electron chi connectivity index (χ1n) is 6.38. The SMILES string of the molecule is CCCN(CCN(C)C)c1nc(Cl)nc2nc[nH]c12. The molecule has 0 atom stereocenters. The number of hydrogen-bond acceptors (Lipinski definition) is 5. The van der Waals surface area contributed by atoms with E-state index in [0.29, 0.717) is 5.65 Å². The highest BCUT2D eigenvalue weighted by atomic mass is 35.5. The third-order valence-corrected chi connectivity index (χ3v) is 3.02. The van der Waals surface area contributed by atoms with Gasteiger partial charge in [-0.05, 0) is 32.1 Å². The molecule has 2 aromatic heterocycles. The average Bonchev–Trinajstić information content (AvgIpc) is 2.81. The van der Waals surface area contributed by atoms with Crippen LogP contribution in [0.15, 0.2) is 6.33 Å². The first-order valence-corrected chi connectivity index (χ1v) is 6.76. The Labute approximate surface area is 117 Å². The fourth-order valence-corrected chi connectivity index (χ4v) is 2.10. The minimum atomic E-state index is 0.237. The lowest BCUT2D eigenvalue weighted by molar-refractivity contribution is 0.412. The molecule has 0 amide bonds. The molecule has 19 heavy (non-hydrogen) atoms. The van der Waals surface area contributed by atoms with Gasteiger partial charge in [-0.25, -0.2) is 4.98 Å². The van der Waals surface area contributed by atoms with Crippen LogP contribution >= 0.6 is 11.6 Å². The van der Waals surface area contributed by atoms with Gasteiger partial charge in [0.25, 0.3) is 0 Å². The molecule has 1 N–H and O–H groups in total. The second-order valence-corrected chi connectivity index (χ2v) is 5.05. The third kappa shape index (κ3) is 3.33. The molecule has 2 aromatic rings. The number of anilines is 1. The molecule has 2 rings (SSSR count). The molecule has 0 aliphatic heterocycles. The molecule has 0 bridgehead atoms. The van der Waals surface area contributed by atoms with Gasteiger partial charge >= 0.3 is 0 Å². The largest absolute Gasteiger partial charge is 0.353 e. The van der Waals surface area contributed by atoms with Crippen molar-refractivity contribution in [3.05, 3.63) is 11.6 Å². The number of aromatic amines is 1. The highest BCUT2D eigenvalue weighted by Crippen LogP contribution is 2.22. The molecule has 0 spiro atoms. The molecule has 0 unspecified atom stereocenters. The molecule has 0 aromatic carbocycles. The van der Waals surface area contributed by atoms with Gasteiger partial charge in [0.1, 0.15) is 5.52 Å². The lowest BCUT2D eigenvalue weighted by Gasteiger charge is -2.25. The maximum absolute atomic E-state index is 5.97. The molecule has 2 heterocycles. The van der Waals surface area contributed by atoms with Crippen LogP contribution in [0.4, 0.5) is 5.82 Å². The number of hydrogen-bond donors (Lipinski definition) is 1. The number of H-pyrrole nitrogens is 1. The van der Waals surface area contributed by atoms with E-state index in [9.17, 15) is 0 Å².